The fourth-order valence-corrected chi connectivity index (χ4v) is 4.08. The van der Waals surface area contributed by atoms with Gasteiger partial charge in [-0.05, 0) is 37.5 Å². The molecular weight excluding hydrogens is 354 g/mol. The second-order valence-electron chi connectivity index (χ2n) is 5.95. The minimum Gasteiger partial charge on any atom is -0.497 e. The Morgan fingerprint density at radius 1 is 1.23 bits per heavy atom. The third-order valence-electron chi connectivity index (χ3n) is 4.31. The predicted octanol–water partition coefficient (Wildman–Crippen LogP) is 3.64. The first-order valence-electron chi connectivity index (χ1n) is 8.33. The maximum Gasteiger partial charge on any atom is 0.341 e. The molecule has 1 unspecified atom stereocenters. The van der Waals surface area contributed by atoms with Gasteiger partial charge in [0.05, 0.1) is 14.2 Å². The SMILES string of the molecule is COC(=O)c1c(NC(=O)C2CCCO2)sc(C)c1-c1ccc(OC)cc1. The Morgan fingerprint density at radius 2 is 1.96 bits per heavy atom. The van der Waals surface area contributed by atoms with E-state index in [4.69, 9.17) is 14.2 Å². The molecule has 0 aliphatic carbocycles. The molecule has 1 aliphatic rings. The van der Waals surface area contributed by atoms with E-state index in [0.29, 0.717) is 23.6 Å². The van der Waals surface area contributed by atoms with Crippen molar-refractivity contribution >= 4 is 28.2 Å². The van der Waals surface area contributed by atoms with Gasteiger partial charge in [0, 0.05) is 17.0 Å². The Morgan fingerprint density at radius 3 is 2.54 bits per heavy atom. The van der Waals surface area contributed by atoms with Gasteiger partial charge in [0.25, 0.3) is 5.91 Å². The molecule has 0 bridgehead atoms. The van der Waals surface area contributed by atoms with Crippen LogP contribution in [-0.2, 0) is 14.3 Å². The van der Waals surface area contributed by atoms with E-state index >= 15 is 0 Å². The van der Waals surface area contributed by atoms with Gasteiger partial charge in [-0.25, -0.2) is 4.79 Å². The highest BCUT2D eigenvalue weighted by Crippen LogP contribution is 2.41. The molecule has 0 saturated carbocycles. The number of carbonyl (C=O) groups excluding carboxylic acids is 2. The number of aryl methyl sites for hydroxylation is 1. The molecule has 6 nitrogen and oxygen atoms in total. The lowest BCUT2D eigenvalue weighted by Crippen LogP contribution is -2.27. The van der Waals surface area contributed by atoms with Gasteiger partial charge < -0.3 is 19.5 Å². The summed E-state index contributed by atoms with van der Waals surface area (Å²) in [6, 6.07) is 7.42. The number of esters is 1. The van der Waals surface area contributed by atoms with Crippen molar-refractivity contribution in [1.82, 2.24) is 0 Å². The summed E-state index contributed by atoms with van der Waals surface area (Å²) in [5, 5.41) is 3.34. The van der Waals surface area contributed by atoms with E-state index in [1.54, 1.807) is 7.11 Å². The molecular formula is C19H21NO5S. The van der Waals surface area contributed by atoms with E-state index in [9.17, 15) is 9.59 Å². The Labute approximate surface area is 156 Å². The summed E-state index contributed by atoms with van der Waals surface area (Å²) in [6.07, 6.45) is 1.09. The highest BCUT2D eigenvalue weighted by molar-refractivity contribution is 7.17. The Balaban J connectivity index is 1.99. The van der Waals surface area contributed by atoms with Crippen molar-refractivity contribution in [3.8, 4) is 16.9 Å². The number of thiophene rings is 1. The minimum atomic E-state index is -0.484. The van der Waals surface area contributed by atoms with Gasteiger partial charge in [-0.3, -0.25) is 4.79 Å². The van der Waals surface area contributed by atoms with Crippen molar-refractivity contribution < 1.29 is 23.8 Å². The highest BCUT2D eigenvalue weighted by atomic mass is 32.1. The number of hydrogen-bond acceptors (Lipinski definition) is 6. The van der Waals surface area contributed by atoms with E-state index in [0.717, 1.165) is 28.2 Å². The monoisotopic (exact) mass is 375 g/mol. The van der Waals surface area contributed by atoms with Crippen LogP contribution in [0.4, 0.5) is 5.00 Å². The molecule has 1 aliphatic heterocycles. The summed E-state index contributed by atoms with van der Waals surface area (Å²) in [7, 11) is 2.93. The van der Waals surface area contributed by atoms with Crippen molar-refractivity contribution in [3.05, 3.63) is 34.7 Å². The number of carbonyl (C=O) groups is 2. The van der Waals surface area contributed by atoms with Crippen molar-refractivity contribution in [2.75, 3.05) is 26.1 Å². The van der Waals surface area contributed by atoms with Crippen molar-refractivity contribution in [1.29, 1.82) is 0 Å². The zero-order chi connectivity index (χ0) is 18.7. The molecule has 26 heavy (non-hydrogen) atoms. The molecule has 1 amide bonds. The number of rotatable bonds is 5. The molecule has 3 rings (SSSR count). The van der Waals surface area contributed by atoms with Crippen LogP contribution in [0.2, 0.25) is 0 Å². The lowest BCUT2D eigenvalue weighted by Gasteiger charge is -2.11. The quantitative estimate of drug-likeness (QED) is 0.808. The lowest BCUT2D eigenvalue weighted by atomic mass is 10.0. The predicted molar refractivity (Wildman–Crippen MR) is 100.0 cm³/mol. The third kappa shape index (κ3) is 3.59. The molecule has 1 fully saturated rings. The van der Waals surface area contributed by atoms with E-state index in [-0.39, 0.29) is 5.91 Å². The molecule has 138 valence electrons. The standard InChI is InChI=1S/C19H21NO5S/c1-11-15(12-6-8-13(23-2)9-7-12)16(19(22)24-3)18(26-11)20-17(21)14-5-4-10-25-14/h6-9,14H,4-5,10H2,1-3H3,(H,20,21). The first kappa shape index (κ1) is 18.4. The van der Waals surface area contributed by atoms with E-state index in [1.807, 2.05) is 31.2 Å². The molecule has 7 heteroatoms. The van der Waals surface area contributed by atoms with Crippen LogP contribution in [0, 0.1) is 6.92 Å². The van der Waals surface area contributed by atoms with Gasteiger partial charge in [-0.2, -0.15) is 0 Å². The Bertz CT molecular complexity index is 806. The molecule has 1 N–H and O–H groups in total. The van der Waals surface area contributed by atoms with Gasteiger partial charge in [0.2, 0.25) is 0 Å². The van der Waals surface area contributed by atoms with Crippen molar-refractivity contribution in [2.24, 2.45) is 0 Å². The second kappa shape index (κ2) is 7.88. The van der Waals surface area contributed by atoms with Crippen LogP contribution in [0.15, 0.2) is 24.3 Å². The largest absolute Gasteiger partial charge is 0.497 e. The van der Waals surface area contributed by atoms with Crippen LogP contribution >= 0.6 is 11.3 Å². The summed E-state index contributed by atoms with van der Waals surface area (Å²) >= 11 is 1.36. The topological polar surface area (TPSA) is 73.9 Å². The summed E-state index contributed by atoms with van der Waals surface area (Å²) in [5.41, 5.74) is 1.98. The van der Waals surface area contributed by atoms with Crippen molar-refractivity contribution in [3.63, 3.8) is 0 Å². The zero-order valence-corrected chi connectivity index (χ0v) is 15.8. The number of methoxy groups -OCH3 is 2. The number of ether oxygens (including phenoxy) is 3. The first-order valence-corrected chi connectivity index (χ1v) is 9.15. The maximum atomic E-state index is 12.4. The maximum absolute atomic E-state index is 12.4. The zero-order valence-electron chi connectivity index (χ0n) is 15.0. The van der Waals surface area contributed by atoms with Crippen LogP contribution in [-0.4, -0.2) is 38.8 Å². The normalized spacial score (nSPS) is 16.3. The smallest absolute Gasteiger partial charge is 0.341 e. The van der Waals surface area contributed by atoms with Gasteiger partial charge in [0.1, 0.15) is 22.4 Å². The molecule has 0 spiro atoms. The number of nitrogens with one attached hydrogen (secondary N) is 1. The summed E-state index contributed by atoms with van der Waals surface area (Å²) in [4.78, 5) is 25.8. The second-order valence-corrected chi connectivity index (χ2v) is 7.17. The summed E-state index contributed by atoms with van der Waals surface area (Å²) < 4.78 is 15.6. The van der Waals surface area contributed by atoms with Gasteiger partial charge >= 0.3 is 5.97 Å². The number of anilines is 1. The molecule has 1 atom stereocenters. The summed E-state index contributed by atoms with van der Waals surface area (Å²) in [5.74, 6) is 0.0196. The number of benzene rings is 1. The Hall–Kier alpha value is -2.38. The van der Waals surface area contributed by atoms with E-state index in [2.05, 4.69) is 5.32 Å². The molecule has 0 radical (unpaired) electrons. The van der Waals surface area contributed by atoms with E-state index < -0.39 is 12.1 Å². The molecule has 2 heterocycles. The molecule has 1 aromatic carbocycles. The fraction of sp³-hybridized carbons (Fsp3) is 0.368. The molecule has 2 aromatic rings. The van der Waals surface area contributed by atoms with Crippen LogP contribution in [0.1, 0.15) is 28.1 Å². The fourth-order valence-electron chi connectivity index (χ4n) is 3.01. The lowest BCUT2D eigenvalue weighted by molar-refractivity contribution is -0.124. The highest BCUT2D eigenvalue weighted by Gasteiger charge is 2.29. The van der Waals surface area contributed by atoms with Crippen LogP contribution < -0.4 is 10.1 Å². The molecule has 1 saturated heterocycles. The average Bonchev–Trinajstić information content (AvgIpc) is 3.29. The van der Waals surface area contributed by atoms with Crippen LogP contribution in [0.3, 0.4) is 0 Å². The van der Waals surface area contributed by atoms with E-state index in [1.165, 1.54) is 18.4 Å². The number of amides is 1. The van der Waals surface area contributed by atoms with Gasteiger partial charge in [-0.15, -0.1) is 11.3 Å². The average molecular weight is 375 g/mol. The van der Waals surface area contributed by atoms with Gasteiger partial charge in [-0.1, -0.05) is 12.1 Å². The number of hydrogen-bond donors (Lipinski definition) is 1. The minimum absolute atomic E-state index is 0.227. The van der Waals surface area contributed by atoms with Gasteiger partial charge in [0.15, 0.2) is 0 Å². The summed E-state index contributed by atoms with van der Waals surface area (Å²) in [6.45, 7) is 2.50. The third-order valence-corrected chi connectivity index (χ3v) is 5.33. The Kier molecular flexibility index (Phi) is 5.58. The van der Waals surface area contributed by atoms with Crippen molar-refractivity contribution in [2.45, 2.75) is 25.9 Å². The molecule has 1 aromatic heterocycles. The first-order chi connectivity index (χ1) is 12.5. The van der Waals surface area contributed by atoms with Crippen LogP contribution in [0.25, 0.3) is 11.1 Å². The van der Waals surface area contributed by atoms with Crippen LogP contribution in [0.5, 0.6) is 5.75 Å².